The molecule has 17 heavy (non-hydrogen) atoms. The number of carboxylic acids is 1. The topological polar surface area (TPSA) is 69.6 Å². The lowest BCUT2D eigenvalue weighted by molar-refractivity contribution is -0.132. The Morgan fingerprint density at radius 2 is 1.82 bits per heavy atom. The number of carboxylic acid groups (broad SMARTS) is 1. The van der Waals surface area contributed by atoms with E-state index < -0.39 is 5.97 Å². The zero-order valence-electron chi connectivity index (χ0n) is 11.2. The standard InChI is InChI=1S/C8H13NO3.C4H11N/c1-3-6-9(2)7(10)4-5-8(11)12;1-3-4-5-2/h4-5H,3,6H2,1-2H3,(H,11,12);5H,3-4H2,1-2H3. The molecule has 0 heterocycles. The molecule has 1 amide bonds. The van der Waals surface area contributed by atoms with Crippen molar-refractivity contribution in [1.29, 1.82) is 0 Å². The summed E-state index contributed by atoms with van der Waals surface area (Å²) in [6.07, 6.45) is 3.99. The minimum Gasteiger partial charge on any atom is -0.478 e. The van der Waals surface area contributed by atoms with Crippen molar-refractivity contribution in [3.8, 4) is 0 Å². The van der Waals surface area contributed by atoms with Gasteiger partial charge in [-0.25, -0.2) is 4.79 Å². The van der Waals surface area contributed by atoms with Gasteiger partial charge in [-0.05, 0) is 26.4 Å². The monoisotopic (exact) mass is 244 g/mol. The Bertz CT molecular complexity index is 238. The SMILES string of the molecule is CCCN(C)C(=O)C=CC(=O)O.CCCNC. The van der Waals surface area contributed by atoms with Crippen LogP contribution >= 0.6 is 0 Å². The second-order valence-electron chi connectivity index (χ2n) is 3.53. The molecule has 0 aliphatic heterocycles. The fraction of sp³-hybridized carbons (Fsp3) is 0.667. The average molecular weight is 244 g/mol. The van der Waals surface area contributed by atoms with Gasteiger partial charge in [-0.2, -0.15) is 0 Å². The van der Waals surface area contributed by atoms with E-state index in [-0.39, 0.29) is 5.91 Å². The molecule has 0 bridgehead atoms. The highest BCUT2D eigenvalue weighted by atomic mass is 16.4. The van der Waals surface area contributed by atoms with Gasteiger partial charge in [-0.1, -0.05) is 13.8 Å². The predicted molar refractivity (Wildman–Crippen MR) is 68.9 cm³/mol. The van der Waals surface area contributed by atoms with E-state index in [0.717, 1.165) is 25.1 Å². The summed E-state index contributed by atoms with van der Waals surface area (Å²) in [4.78, 5) is 22.5. The van der Waals surface area contributed by atoms with Gasteiger partial charge in [0.1, 0.15) is 0 Å². The summed E-state index contributed by atoms with van der Waals surface area (Å²) in [6, 6.07) is 0. The molecule has 0 atom stereocenters. The van der Waals surface area contributed by atoms with Crippen LogP contribution in [-0.4, -0.2) is 49.1 Å². The highest BCUT2D eigenvalue weighted by molar-refractivity contribution is 5.93. The van der Waals surface area contributed by atoms with Gasteiger partial charge < -0.3 is 15.3 Å². The van der Waals surface area contributed by atoms with E-state index in [2.05, 4.69) is 12.2 Å². The van der Waals surface area contributed by atoms with Crippen LogP contribution in [0, 0.1) is 0 Å². The number of likely N-dealkylation sites (N-methyl/N-ethyl adjacent to an activating group) is 1. The van der Waals surface area contributed by atoms with Gasteiger partial charge >= 0.3 is 5.97 Å². The first-order valence-corrected chi connectivity index (χ1v) is 5.80. The molecule has 5 nitrogen and oxygen atoms in total. The smallest absolute Gasteiger partial charge is 0.328 e. The third kappa shape index (κ3) is 14.6. The molecule has 0 saturated heterocycles. The minimum absolute atomic E-state index is 0.278. The summed E-state index contributed by atoms with van der Waals surface area (Å²) in [5.74, 6) is -1.38. The van der Waals surface area contributed by atoms with Gasteiger partial charge in [-0.15, -0.1) is 0 Å². The van der Waals surface area contributed by atoms with Crippen molar-refractivity contribution in [2.24, 2.45) is 0 Å². The second-order valence-corrected chi connectivity index (χ2v) is 3.53. The lowest BCUT2D eigenvalue weighted by Gasteiger charge is -2.12. The first kappa shape index (κ1) is 18.0. The summed E-state index contributed by atoms with van der Waals surface area (Å²) in [7, 11) is 3.60. The first-order valence-electron chi connectivity index (χ1n) is 5.80. The van der Waals surface area contributed by atoms with Crippen LogP contribution in [0.5, 0.6) is 0 Å². The van der Waals surface area contributed by atoms with Crippen LogP contribution in [-0.2, 0) is 9.59 Å². The van der Waals surface area contributed by atoms with Crippen molar-refractivity contribution in [2.75, 3.05) is 27.2 Å². The van der Waals surface area contributed by atoms with Crippen molar-refractivity contribution in [3.05, 3.63) is 12.2 Å². The van der Waals surface area contributed by atoms with Crippen LogP contribution in [0.15, 0.2) is 12.2 Å². The number of aliphatic carboxylic acids is 1. The Morgan fingerprint density at radius 3 is 2.12 bits per heavy atom. The molecule has 0 spiro atoms. The molecule has 0 rings (SSSR count). The maximum atomic E-state index is 11.0. The van der Waals surface area contributed by atoms with Crippen molar-refractivity contribution >= 4 is 11.9 Å². The Labute approximate surface area is 103 Å². The Kier molecular flexibility index (Phi) is 13.5. The summed E-state index contributed by atoms with van der Waals surface area (Å²) in [5.41, 5.74) is 0. The van der Waals surface area contributed by atoms with Crippen LogP contribution in [0.4, 0.5) is 0 Å². The van der Waals surface area contributed by atoms with Crippen molar-refractivity contribution in [1.82, 2.24) is 10.2 Å². The predicted octanol–water partition coefficient (Wildman–Crippen LogP) is 1.11. The van der Waals surface area contributed by atoms with E-state index in [0.29, 0.717) is 6.54 Å². The number of rotatable bonds is 6. The maximum Gasteiger partial charge on any atom is 0.328 e. The summed E-state index contributed by atoms with van der Waals surface area (Å²) < 4.78 is 0. The first-order chi connectivity index (χ1) is 7.99. The molecule has 0 unspecified atom stereocenters. The number of nitrogens with one attached hydrogen (secondary N) is 1. The van der Waals surface area contributed by atoms with E-state index in [1.165, 1.54) is 11.3 Å². The maximum absolute atomic E-state index is 11.0. The lowest BCUT2D eigenvalue weighted by Crippen LogP contribution is -2.25. The van der Waals surface area contributed by atoms with Gasteiger partial charge in [0.25, 0.3) is 0 Å². The Hall–Kier alpha value is -1.36. The normalized spacial score (nSPS) is 9.65. The molecule has 5 heteroatoms. The van der Waals surface area contributed by atoms with Crippen molar-refractivity contribution in [3.63, 3.8) is 0 Å². The highest BCUT2D eigenvalue weighted by Crippen LogP contribution is 1.89. The van der Waals surface area contributed by atoms with E-state index >= 15 is 0 Å². The average Bonchev–Trinajstić information content (AvgIpc) is 2.28. The van der Waals surface area contributed by atoms with E-state index in [1.54, 1.807) is 7.05 Å². The molecule has 0 fully saturated rings. The zero-order chi connectivity index (χ0) is 13.7. The number of hydrogen-bond donors (Lipinski definition) is 2. The number of hydrogen-bond acceptors (Lipinski definition) is 3. The zero-order valence-corrected chi connectivity index (χ0v) is 11.2. The molecule has 2 N–H and O–H groups in total. The Morgan fingerprint density at radius 1 is 1.24 bits per heavy atom. The summed E-state index contributed by atoms with van der Waals surface area (Å²) in [5, 5.41) is 11.2. The van der Waals surface area contributed by atoms with E-state index in [1.807, 2.05) is 14.0 Å². The molecule has 0 aromatic rings. The summed E-state index contributed by atoms with van der Waals surface area (Å²) >= 11 is 0. The van der Waals surface area contributed by atoms with Crippen molar-refractivity contribution < 1.29 is 14.7 Å². The van der Waals surface area contributed by atoms with Gasteiger partial charge in [0.05, 0.1) is 0 Å². The van der Waals surface area contributed by atoms with Crippen molar-refractivity contribution in [2.45, 2.75) is 26.7 Å². The van der Waals surface area contributed by atoms with Crippen LogP contribution in [0.25, 0.3) is 0 Å². The fourth-order valence-corrected chi connectivity index (χ4v) is 0.965. The largest absolute Gasteiger partial charge is 0.478 e. The van der Waals surface area contributed by atoms with Crippen LogP contribution in [0.2, 0.25) is 0 Å². The van der Waals surface area contributed by atoms with Crippen LogP contribution in [0.1, 0.15) is 26.7 Å². The fourth-order valence-electron chi connectivity index (χ4n) is 0.965. The molecule has 0 saturated carbocycles. The number of carbonyl (C=O) groups excluding carboxylic acids is 1. The van der Waals surface area contributed by atoms with Gasteiger partial charge in [-0.3, -0.25) is 4.79 Å². The van der Waals surface area contributed by atoms with E-state index in [4.69, 9.17) is 5.11 Å². The third-order valence-electron chi connectivity index (χ3n) is 1.80. The van der Waals surface area contributed by atoms with Gasteiger partial charge in [0, 0.05) is 25.7 Å². The Balaban J connectivity index is 0. The van der Waals surface area contributed by atoms with Crippen LogP contribution in [0.3, 0.4) is 0 Å². The molecule has 100 valence electrons. The molecular formula is C12H24N2O3. The number of nitrogens with zero attached hydrogens (tertiary/aromatic N) is 1. The highest BCUT2D eigenvalue weighted by Gasteiger charge is 2.02. The molecule has 0 aliphatic rings. The lowest BCUT2D eigenvalue weighted by atomic mass is 10.4. The van der Waals surface area contributed by atoms with E-state index in [9.17, 15) is 9.59 Å². The molecule has 0 aromatic carbocycles. The number of carbonyl (C=O) groups is 2. The van der Waals surface area contributed by atoms with Gasteiger partial charge in [0.2, 0.25) is 5.91 Å². The quantitative estimate of drug-likeness (QED) is 0.687. The van der Waals surface area contributed by atoms with Crippen LogP contribution < -0.4 is 5.32 Å². The summed E-state index contributed by atoms with van der Waals surface area (Å²) in [6.45, 7) is 5.88. The number of amides is 1. The van der Waals surface area contributed by atoms with Gasteiger partial charge in [0.15, 0.2) is 0 Å². The minimum atomic E-state index is -1.10. The molecule has 0 aliphatic carbocycles. The molecular weight excluding hydrogens is 220 g/mol. The third-order valence-corrected chi connectivity index (χ3v) is 1.80. The molecule has 0 radical (unpaired) electrons. The second kappa shape index (κ2) is 12.7. The molecule has 0 aromatic heterocycles.